The average molecular weight is 212 g/mol. The lowest BCUT2D eigenvalue weighted by Crippen LogP contribution is -1.96. The van der Waals surface area contributed by atoms with Crippen LogP contribution >= 0.6 is 15.9 Å². The zero-order chi connectivity index (χ0) is 8.27. The molecule has 0 aliphatic heterocycles. The molecule has 0 fully saturated rings. The molecular weight excluding hydrogens is 206 g/mol. The van der Waals surface area contributed by atoms with Gasteiger partial charge >= 0.3 is 0 Å². The van der Waals surface area contributed by atoms with Gasteiger partial charge in [-0.15, -0.1) is 0 Å². The van der Waals surface area contributed by atoms with Gasteiger partial charge in [-0.25, -0.2) is 0 Å². The number of nitriles is 1. The van der Waals surface area contributed by atoms with E-state index in [1.54, 1.807) is 12.3 Å². The van der Waals surface area contributed by atoms with Gasteiger partial charge in [0, 0.05) is 10.7 Å². The van der Waals surface area contributed by atoms with Gasteiger partial charge in [0.15, 0.2) is 0 Å². The molecule has 1 heterocycles. The molecule has 0 amide bonds. The summed E-state index contributed by atoms with van der Waals surface area (Å²) < 4.78 is 0.830. The molecule has 0 saturated carbocycles. The van der Waals surface area contributed by atoms with Crippen LogP contribution in [0.15, 0.2) is 16.7 Å². The molecule has 56 valence electrons. The first-order chi connectivity index (χ1) is 5.24. The molecule has 0 radical (unpaired) electrons. The predicted octanol–water partition coefficient (Wildman–Crippen LogP) is 1.49. The van der Waals surface area contributed by atoms with E-state index in [2.05, 4.69) is 20.9 Å². The van der Waals surface area contributed by atoms with Crippen LogP contribution < -0.4 is 5.73 Å². The van der Waals surface area contributed by atoms with Gasteiger partial charge in [0.05, 0.1) is 23.9 Å². The molecule has 1 aromatic rings. The van der Waals surface area contributed by atoms with Crippen molar-refractivity contribution in [1.82, 2.24) is 4.98 Å². The summed E-state index contributed by atoms with van der Waals surface area (Å²) in [4.78, 5) is 3.97. The van der Waals surface area contributed by atoms with Crippen LogP contribution in [0, 0.1) is 11.3 Å². The van der Waals surface area contributed by atoms with E-state index >= 15 is 0 Å². The lowest BCUT2D eigenvalue weighted by Gasteiger charge is -1.98. The van der Waals surface area contributed by atoms with Crippen LogP contribution in [0.5, 0.6) is 0 Å². The lowest BCUT2D eigenvalue weighted by molar-refractivity contribution is 1.11. The van der Waals surface area contributed by atoms with Crippen LogP contribution in [0.25, 0.3) is 0 Å². The van der Waals surface area contributed by atoms with E-state index in [0.29, 0.717) is 11.4 Å². The molecule has 0 aliphatic rings. The third-order valence-corrected chi connectivity index (χ3v) is 1.65. The number of aromatic nitrogens is 1. The molecule has 0 aliphatic carbocycles. The van der Waals surface area contributed by atoms with Crippen molar-refractivity contribution in [3.05, 3.63) is 22.4 Å². The summed E-state index contributed by atoms with van der Waals surface area (Å²) in [6.07, 6.45) is 1.89. The Morgan fingerprint density at radius 2 is 2.45 bits per heavy atom. The summed E-state index contributed by atoms with van der Waals surface area (Å²) >= 11 is 3.22. The molecule has 1 rings (SSSR count). The number of nitrogens with zero attached hydrogens (tertiary/aromatic N) is 2. The Morgan fingerprint density at radius 1 is 1.73 bits per heavy atom. The number of hydrogen-bond donors (Lipinski definition) is 1. The minimum absolute atomic E-state index is 0.263. The van der Waals surface area contributed by atoms with Gasteiger partial charge in [-0.3, -0.25) is 4.98 Å². The predicted molar refractivity (Wildman–Crippen MR) is 45.7 cm³/mol. The zero-order valence-corrected chi connectivity index (χ0v) is 7.30. The molecule has 2 N–H and O–H groups in total. The molecule has 0 bridgehead atoms. The quantitative estimate of drug-likeness (QED) is 0.766. The summed E-state index contributed by atoms with van der Waals surface area (Å²) in [6, 6.07) is 3.72. The molecule has 0 spiro atoms. The second kappa shape index (κ2) is 3.35. The third kappa shape index (κ3) is 1.92. The van der Waals surface area contributed by atoms with Crippen molar-refractivity contribution in [2.75, 3.05) is 5.73 Å². The monoisotopic (exact) mass is 211 g/mol. The molecule has 1 aromatic heterocycles. The fraction of sp³-hybridized carbons (Fsp3) is 0.143. The maximum absolute atomic E-state index is 8.36. The van der Waals surface area contributed by atoms with Crippen LogP contribution in [-0.4, -0.2) is 4.98 Å². The van der Waals surface area contributed by atoms with E-state index in [1.807, 2.05) is 6.07 Å². The number of hydrogen-bond acceptors (Lipinski definition) is 3. The highest BCUT2D eigenvalue weighted by Gasteiger charge is 1.99. The van der Waals surface area contributed by atoms with Crippen molar-refractivity contribution < 1.29 is 0 Å². The number of pyridine rings is 1. The van der Waals surface area contributed by atoms with Crippen LogP contribution in [0.2, 0.25) is 0 Å². The van der Waals surface area contributed by atoms with Gasteiger partial charge < -0.3 is 5.73 Å². The summed E-state index contributed by atoms with van der Waals surface area (Å²) in [7, 11) is 0. The molecule has 11 heavy (non-hydrogen) atoms. The second-order valence-corrected chi connectivity index (χ2v) is 2.94. The standard InChI is InChI=1S/C7H6BrN3/c8-5-3-6(10)7(1-2-9)11-4-5/h3-4H,1,10H2. The van der Waals surface area contributed by atoms with Crippen molar-refractivity contribution in [2.45, 2.75) is 6.42 Å². The van der Waals surface area contributed by atoms with Crippen molar-refractivity contribution in [1.29, 1.82) is 5.26 Å². The molecule has 3 nitrogen and oxygen atoms in total. The summed E-state index contributed by atoms with van der Waals surface area (Å²) in [5.74, 6) is 0. The molecule has 0 saturated heterocycles. The minimum atomic E-state index is 0.263. The Bertz CT molecular complexity index is 303. The average Bonchev–Trinajstić information content (AvgIpc) is 1.95. The fourth-order valence-corrected chi connectivity index (χ4v) is 1.05. The van der Waals surface area contributed by atoms with Crippen molar-refractivity contribution in [2.24, 2.45) is 0 Å². The second-order valence-electron chi connectivity index (χ2n) is 2.02. The molecule has 0 atom stereocenters. The van der Waals surface area contributed by atoms with Crippen LogP contribution in [-0.2, 0) is 6.42 Å². The van der Waals surface area contributed by atoms with Crippen LogP contribution in [0.3, 0.4) is 0 Å². The van der Waals surface area contributed by atoms with E-state index in [4.69, 9.17) is 11.0 Å². The van der Waals surface area contributed by atoms with E-state index < -0.39 is 0 Å². The maximum atomic E-state index is 8.36. The van der Waals surface area contributed by atoms with E-state index in [0.717, 1.165) is 4.47 Å². The lowest BCUT2D eigenvalue weighted by atomic mass is 10.2. The van der Waals surface area contributed by atoms with Crippen LogP contribution in [0.1, 0.15) is 5.69 Å². The van der Waals surface area contributed by atoms with Crippen molar-refractivity contribution >= 4 is 21.6 Å². The highest BCUT2D eigenvalue weighted by atomic mass is 79.9. The topological polar surface area (TPSA) is 62.7 Å². The van der Waals surface area contributed by atoms with Gasteiger partial charge in [0.1, 0.15) is 0 Å². The zero-order valence-electron chi connectivity index (χ0n) is 5.71. The first kappa shape index (κ1) is 8.02. The molecular formula is C7H6BrN3. The van der Waals surface area contributed by atoms with Gasteiger partial charge in [-0.05, 0) is 22.0 Å². The Labute approximate surface area is 73.0 Å². The van der Waals surface area contributed by atoms with E-state index in [9.17, 15) is 0 Å². The van der Waals surface area contributed by atoms with Gasteiger partial charge in [0.25, 0.3) is 0 Å². The van der Waals surface area contributed by atoms with Crippen molar-refractivity contribution in [3.8, 4) is 6.07 Å². The van der Waals surface area contributed by atoms with Crippen molar-refractivity contribution in [3.63, 3.8) is 0 Å². The highest BCUT2D eigenvalue weighted by Crippen LogP contribution is 2.15. The van der Waals surface area contributed by atoms with Crippen LogP contribution in [0.4, 0.5) is 5.69 Å². The molecule has 4 heteroatoms. The number of nitrogens with two attached hydrogens (primary N) is 1. The smallest absolute Gasteiger partial charge is 0.0795 e. The Morgan fingerprint density at radius 3 is 3.00 bits per heavy atom. The Hall–Kier alpha value is -1.08. The number of anilines is 1. The largest absolute Gasteiger partial charge is 0.397 e. The normalized spacial score (nSPS) is 9.09. The van der Waals surface area contributed by atoms with Gasteiger partial charge in [0.2, 0.25) is 0 Å². The first-order valence-electron chi connectivity index (χ1n) is 3.01. The molecule has 0 unspecified atom stereocenters. The maximum Gasteiger partial charge on any atom is 0.0795 e. The number of halogens is 1. The minimum Gasteiger partial charge on any atom is -0.397 e. The summed E-state index contributed by atoms with van der Waals surface area (Å²) in [5.41, 5.74) is 6.76. The SMILES string of the molecule is N#CCc1ncc(Br)cc1N. The third-order valence-electron chi connectivity index (χ3n) is 1.22. The number of rotatable bonds is 1. The Kier molecular flexibility index (Phi) is 2.44. The van der Waals surface area contributed by atoms with E-state index in [1.165, 1.54) is 0 Å². The van der Waals surface area contributed by atoms with Gasteiger partial charge in [-0.1, -0.05) is 0 Å². The highest BCUT2D eigenvalue weighted by molar-refractivity contribution is 9.10. The first-order valence-corrected chi connectivity index (χ1v) is 3.80. The fourth-order valence-electron chi connectivity index (χ4n) is 0.706. The molecule has 0 aromatic carbocycles. The van der Waals surface area contributed by atoms with Gasteiger partial charge in [-0.2, -0.15) is 5.26 Å². The summed E-state index contributed by atoms with van der Waals surface area (Å²) in [5, 5.41) is 8.36. The Balaban J connectivity index is 3.01. The van der Waals surface area contributed by atoms with E-state index in [-0.39, 0.29) is 6.42 Å². The summed E-state index contributed by atoms with van der Waals surface area (Å²) in [6.45, 7) is 0. The number of nitrogen functional groups attached to an aromatic ring is 1.